The van der Waals surface area contributed by atoms with E-state index < -0.39 is 10.0 Å². The smallest absolute Gasteiger partial charge is 0.260 e. The molecular formula is C28H33N3O4S3. The van der Waals surface area contributed by atoms with Crippen molar-refractivity contribution in [3.05, 3.63) is 72.2 Å². The van der Waals surface area contributed by atoms with E-state index in [9.17, 15) is 13.2 Å². The Labute approximate surface area is 232 Å². The summed E-state index contributed by atoms with van der Waals surface area (Å²) in [5, 5.41) is 0.552. The number of carbonyl (C=O) groups is 1. The quantitative estimate of drug-likeness (QED) is 0.185. The molecular weight excluding hydrogens is 539 g/mol. The van der Waals surface area contributed by atoms with Crippen molar-refractivity contribution in [3.63, 3.8) is 0 Å². The Morgan fingerprint density at radius 3 is 2.29 bits per heavy atom. The molecule has 2 heterocycles. The van der Waals surface area contributed by atoms with Gasteiger partial charge < -0.3 is 4.42 Å². The third kappa shape index (κ3) is 6.48. The topological polar surface area (TPSA) is 83.7 Å². The molecule has 4 rings (SSSR count). The highest BCUT2D eigenvalue weighted by molar-refractivity contribution is 7.98. The first-order valence-electron chi connectivity index (χ1n) is 12.5. The molecule has 0 saturated heterocycles. The third-order valence-corrected chi connectivity index (χ3v) is 9.44. The Balaban J connectivity index is 1.66. The molecule has 0 saturated carbocycles. The van der Waals surface area contributed by atoms with Crippen molar-refractivity contribution in [3.8, 4) is 0 Å². The molecule has 0 unspecified atom stereocenters. The molecule has 0 N–H and O–H groups in total. The van der Waals surface area contributed by atoms with Crippen LogP contribution in [0.25, 0.3) is 10.2 Å². The van der Waals surface area contributed by atoms with Crippen LogP contribution in [0.15, 0.2) is 75.1 Å². The largest absolute Gasteiger partial charge is 0.467 e. The predicted molar refractivity (Wildman–Crippen MR) is 155 cm³/mol. The second-order valence-corrected chi connectivity index (χ2v) is 13.8. The van der Waals surface area contributed by atoms with Crippen molar-refractivity contribution in [1.29, 1.82) is 0 Å². The van der Waals surface area contributed by atoms with Gasteiger partial charge in [-0.25, -0.2) is 13.4 Å². The zero-order valence-corrected chi connectivity index (χ0v) is 24.7. The fourth-order valence-electron chi connectivity index (χ4n) is 4.08. The normalized spacial score (nSPS) is 12.2. The summed E-state index contributed by atoms with van der Waals surface area (Å²) in [7, 11) is -3.69. The summed E-state index contributed by atoms with van der Waals surface area (Å²) in [5.41, 5.74) is 1.19. The van der Waals surface area contributed by atoms with Gasteiger partial charge in [0.1, 0.15) is 5.76 Å². The van der Waals surface area contributed by atoms with Crippen LogP contribution in [0, 0.1) is 11.8 Å². The number of benzene rings is 2. The lowest BCUT2D eigenvalue weighted by Crippen LogP contribution is -2.37. The van der Waals surface area contributed by atoms with Crippen molar-refractivity contribution in [2.24, 2.45) is 11.8 Å². The van der Waals surface area contributed by atoms with E-state index in [1.54, 1.807) is 41.1 Å². The Morgan fingerprint density at radius 2 is 1.71 bits per heavy atom. The highest BCUT2D eigenvalue weighted by Gasteiger charge is 2.27. The molecule has 0 radical (unpaired) electrons. The number of thioether (sulfide) groups is 1. The van der Waals surface area contributed by atoms with E-state index in [-0.39, 0.29) is 29.2 Å². The molecule has 10 heteroatoms. The van der Waals surface area contributed by atoms with Crippen LogP contribution in [0.2, 0.25) is 0 Å². The number of hydrogen-bond acceptors (Lipinski definition) is 7. The summed E-state index contributed by atoms with van der Waals surface area (Å²) in [5.74, 6) is 0.732. The van der Waals surface area contributed by atoms with Crippen LogP contribution in [-0.4, -0.2) is 43.0 Å². The molecule has 0 aliphatic rings. The first-order valence-corrected chi connectivity index (χ1v) is 16.0. The van der Waals surface area contributed by atoms with Crippen molar-refractivity contribution in [1.82, 2.24) is 9.29 Å². The van der Waals surface area contributed by atoms with Crippen molar-refractivity contribution in [2.45, 2.75) is 44.0 Å². The number of nitrogens with zero attached hydrogens (tertiary/aromatic N) is 3. The van der Waals surface area contributed by atoms with Gasteiger partial charge in [-0.15, -0.1) is 11.8 Å². The van der Waals surface area contributed by atoms with Gasteiger partial charge in [-0.05, 0) is 72.7 Å². The standard InChI is InChI=1S/C28H33N3O4S3/c1-19(2)16-30(17-20(3)4)38(33,34)24-11-8-21(9-12-24)27(32)31(18-22-7-6-14-35-22)28-29-25-13-10-23(36-5)15-26(25)37-28/h6-15,19-20H,16-18H2,1-5H3. The lowest BCUT2D eigenvalue weighted by Gasteiger charge is -2.25. The van der Waals surface area contributed by atoms with E-state index >= 15 is 0 Å². The van der Waals surface area contributed by atoms with Crippen LogP contribution in [-0.2, 0) is 16.6 Å². The maximum absolute atomic E-state index is 13.7. The minimum Gasteiger partial charge on any atom is -0.467 e. The van der Waals surface area contributed by atoms with Gasteiger partial charge in [0.2, 0.25) is 10.0 Å². The SMILES string of the molecule is CSc1ccc2nc(N(Cc3ccco3)C(=O)c3ccc(S(=O)(=O)N(CC(C)C)CC(C)C)cc3)sc2c1. The average Bonchev–Trinajstić information content (AvgIpc) is 3.55. The van der Waals surface area contributed by atoms with Crippen molar-refractivity contribution >= 4 is 54.4 Å². The van der Waals surface area contributed by atoms with Gasteiger partial charge in [0.05, 0.1) is 27.9 Å². The van der Waals surface area contributed by atoms with Crippen LogP contribution in [0.4, 0.5) is 5.13 Å². The van der Waals surface area contributed by atoms with Gasteiger partial charge in [-0.1, -0.05) is 39.0 Å². The van der Waals surface area contributed by atoms with Crippen LogP contribution in [0.3, 0.4) is 0 Å². The van der Waals surface area contributed by atoms with Gasteiger partial charge in [-0.3, -0.25) is 9.69 Å². The van der Waals surface area contributed by atoms with Crippen LogP contribution in [0.1, 0.15) is 43.8 Å². The molecule has 202 valence electrons. The minimum absolute atomic E-state index is 0.178. The van der Waals surface area contributed by atoms with E-state index in [0.29, 0.717) is 29.5 Å². The number of anilines is 1. The van der Waals surface area contributed by atoms with Gasteiger partial charge in [0.25, 0.3) is 5.91 Å². The number of carbonyl (C=O) groups excluding carboxylic acids is 1. The molecule has 0 spiro atoms. The zero-order chi connectivity index (χ0) is 27.4. The molecule has 0 bridgehead atoms. The number of hydrogen-bond donors (Lipinski definition) is 0. The second kappa shape index (κ2) is 12.0. The number of aromatic nitrogens is 1. The molecule has 0 atom stereocenters. The van der Waals surface area contributed by atoms with Gasteiger partial charge >= 0.3 is 0 Å². The number of rotatable bonds is 11. The fraction of sp³-hybridized carbons (Fsp3) is 0.357. The number of thiazole rings is 1. The van der Waals surface area contributed by atoms with Crippen LogP contribution >= 0.6 is 23.1 Å². The minimum atomic E-state index is -3.69. The van der Waals surface area contributed by atoms with E-state index in [4.69, 9.17) is 9.40 Å². The number of furan rings is 1. The van der Waals surface area contributed by atoms with Crippen molar-refractivity contribution < 1.29 is 17.6 Å². The summed E-state index contributed by atoms with van der Waals surface area (Å²) in [4.78, 5) is 21.3. The van der Waals surface area contributed by atoms with Crippen LogP contribution in [0.5, 0.6) is 0 Å². The van der Waals surface area contributed by atoms with Gasteiger partial charge in [0, 0.05) is 23.5 Å². The molecule has 7 nitrogen and oxygen atoms in total. The third-order valence-electron chi connectivity index (χ3n) is 5.83. The van der Waals surface area contributed by atoms with Gasteiger partial charge in [0.15, 0.2) is 5.13 Å². The average molecular weight is 572 g/mol. The summed E-state index contributed by atoms with van der Waals surface area (Å²) < 4.78 is 34.9. The number of amides is 1. The Kier molecular flexibility index (Phi) is 8.97. The molecule has 0 aliphatic heterocycles. The maximum Gasteiger partial charge on any atom is 0.260 e. The van der Waals surface area contributed by atoms with Gasteiger partial charge in [-0.2, -0.15) is 4.31 Å². The maximum atomic E-state index is 13.7. The monoisotopic (exact) mass is 571 g/mol. The highest BCUT2D eigenvalue weighted by Crippen LogP contribution is 2.33. The Hall–Kier alpha value is -2.66. The molecule has 1 amide bonds. The molecule has 0 aliphatic carbocycles. The first-order chi connectivity index (χ1) is 18.1. The van der Waals surface area contributed by atoms with E-state index in [2.05, 4.69) is 6.07 Å². The van der Waals surface area contributed by atoms with E-state index in [1.165, 1.54) is 27.8 Å². The highest BCUT2D eigenvalue weighted by atomic mass is 32.2. The fourth-order valence-corrected chi connectivity index (χ4v) is 7.36. The Bertz CT molecular complexity index is 1470. The summed E-state index contributed by atoms with van der Waals surface area (Å²) in [6, 6.07) is 15.8. The lowest BCUT2D eigenvalue weighted by atomic mass is 10.2. The number of sulfonamides is 1. The molecule has 4 aromatic rings. The molecule has 0 fully saturated rings. The summed E-state index contributed by atoms with van der Waals surface area (Å²) in [6.45, 7) is 9.09. The zero-order valence-electron chi connectivity index (χ0n) is 22.2. The number of fused-ring (bicyclic) bond motifs is 1. The summed E-state index contributed by atoms with van der Waals surface area (Å²) >= 11 is 3.09. The van der Waals surface area contributed by atoms with E-state index in [0.717, 1.165) is 15.1 Å². The molecule has 2 aromatic carbocycles. The second-order valence-electron chi connectivity index (χ2n) is 9.93. The molecule has 2 aromatic heterocycles. The van der Waals surface area contributed by atoms with Crippen molar-refractivity contribution in [2.75, 3.05) is 24.2 Å². The Morgan fingerprint density at radius 1 is 1.03 bits per heavy atom. The first kappa shape index (κ1) is 28.4. The lowest BCUT2D eigenvalue weighted by molar-refractivity contribution is 0.0983. The predicted octanol–water partition coefficient (Wildman–Crippen LogP) is 6.76. The van der Waals surface area contributed by atoms with Crippen LogP contribution < -0.4 is 4.90 Å². The van der Waals surface area contributed by atoms with E-state index in [1.807, 2.05) is 52.1 Å². The molecule has 38 heavy (non-hydrogen) atoms. The summed E-state index contributed by atoms with van der Waals surface area (Å²) in [6.07, 6.45) is 3.59.